The molecule has 4 heteroatoms. The summed E-state index contributed by atoms with van der Waals surface area (Å²) in [5.41, 5.74) is 0. The van der Waals surface area contributed by atoms with E-state index in [0.717, 1.165) is 36.4 Å². The van der Waals surface area contributed by atoms with Crippen molar-refractivity contribution in [1.82, 2.24) is 4.98 Å². The summed E-state index contributed by atoms with van der Waals surface area (Å²) in [6, 6.07) is 5.94. The summed E-state index contributed by atoms with van der Waals surface area (Å²) in [5, 5.41) is 9.15. The molecular formula is C11H15BrN2O. The standard InChI is InChI=1S/C11H15BrN2O/c12-10-4-1-5-11(13-10)14-6-2-3-9(7-14)8-15/h1,4-5,9,15H,2-3,6-8H2/t9-/m0/s1. The number of aliphatic hydroxyl groups is 1. The minimum atomic E-state index is 0.282. The van der Waals surface area contributed by atoms with Crippen LogP contribution in [-0.2, 0) is 0 Å². The van der Waals surface area contributed by atoms with Crippen LogP contribution >= 0.6 is 15.9 Å². The van der Waals surface area contributed by atoms with Gasteiger partial charge in [0.15, 0.2) is 0 Å². The first kappa shape index (κ1) is 10.9. The zero-order chi connectivity index (χ0) is 10.7. The quantitative estimate of drug-likeness (QED) is 0.836. The molecule has 0 radical (unpaired) electrons. The van der Waals surface area contributed by atoms with E-state index in [9.17, 15) is 0 Å². The Morgan fingerprint density at radius 2 is 2.40 bits per heavy atom. The van der Waals surface area contributed by atoms with Crippen molar-refractivity contribution in [2.24, 2.45) is 5.92 Å². The molecule has 1 atom stereocenters. The van der Waals surface area contributed by atoms with Gasteiger partial charge in [-0.2, -0.15) is 0 Å². The van der Waals surface area contributed by atoms with Crippen LogP contribution in [0.15, 0.2) is 22.8 Å². The second-order valence-corrected chi connectivity index (χ2v) is 4.77. The van der Waals surface area contributed by atoms with Crippen molar-refractivity contribution in [3.63, 3.8) is 0 Å². The number of aliphatic hydroxyl groups excluding tert-OH is 1. The van der Waals surface area contributed by atoms with E-state index in [2.05, 4.69) is 25.8 Å². The van der Waals surface area contributed by atoms with Crippen molar-refractivity contribution in [2.75, 3.05) is 24.6 Å². The average molecular weight is 271 g/mol. The Morgan fingerprint density at radius 3 is 3.13 bits per heavy atom. The molecule has 1 aromatic rings. The monoisotopic (exact) mass is 270 g/mol. The lowest BCUT2D eigenvalue weighted by atomic mass is 9.99. The van der Waals surface area contributed by atoms with E-state index in [1.165, 1.54) is 0 Å². The molecule has 3 nitrogen and oxygen atoms in total. The molecule has 1 aliphatic rings. The number of pyridine rings is 1. The Hall–Kier alpha value is -0.610. The lowest BCUT2D eigenvalue weighted by Gasteiger charge is -2.32. The van der Waals surface area contributed by atoms with Crippen molar-refractivity contribution in [3.8, 4) is 0 Å². The van der Waals surface area contributed by atoms with Gasteiger partial charge >= 0.3 is 0 Å². The number of hydrogen-bond acceptors (Lipinski definition) is 3. The highest BCUT2D eigenvalue weighted by atomic mass is 79.9. The molecule has 1 N–H and O–H groups in total. The van der Waals surface area contributed by atoms with E-state index in [-0.39, 0.29) is 6.61 Å². The Morgan fingerprint density at radius 1 is 1.53 bits per heavy atom. The number of anilines is 1. The maximum Gasteiger partial charge on any atom is 0.129 e. The summed E-state index contributed by atoms with van der Waals surface area (Å²) in [6.07, 6.45) is 2.26. The first-order valence-corrected chi connectivity index (χ1v) is 6.07. The van der Waals surface area contributed by atoms with Gasteiger partial charge in [0.05, 0.1) is 0 Å². The lowest BCUT2D eigenvalue weighted by molar-refractivity contribution is 0.208. The molecule has 2 heterocycles. The van der Waals surface area contributed by atoms with E-state index in [1.807, 2.05) is 18.2 Å². The number of hydrogen-bond donors (Lipinski definition) is 1. The van der Waals surface area contributed by atoms with Crippen LogP contribution in [0.5, 0.6) is 0 Å². The van der Waals surface area contributed by atoms with Crippen molar-refractivity contribution in [2.45, 2.75) is 12.8 Å². The molecule has 1 fully saturated rings. The zero-order valence-corrected chi connectivity index (χ0v) is 10.2. The minimum absolute atomic E-state index is 0.282. The summed E-state index contributed by atoms with van der Waals surface area (Å²) >= 11 is 3.37. The van der Waals surface area contributed by atoms with Gasteiger partial charge < -0.3 is 10.0 Å². The van der Waals surface area contributed by atoms with Crippen molar-refractivity contribution < 1.29 is 5.11 Å². The topological polar surface area (TPSA) is 36.4 Å². The molecule has 0 spiro atoms. The smallest absolute Gasteiger partial charge is 0.129 e. The van der Waals surface area contributed by atoms with Crippen LogP contribution < -0.4 is 4.90 Å². The van der Waals surface area contributed by atoms with E-state index in [4.69, 9.17) is 5.11 Å². The molecule has 1 aliphatic heterocycles. The molecule has 1 saturated heterocycles. The molecule has 15 heavy (non-hydrogen) atoms. The maximum absolute atomic E-state index is 9.15. The highest BCUT2D eigenvalue weighted by Gasteiger charge is 2.19. The molecule has 0 bridgehead atoms. The number of piperidine rings is 1. The van der Waals surface area contributed by atoms with Crippen LogP contribution in [0.25, 0.3) is 0 Å². The van der Waals surface area contributed by atoms with E-state index in [1.54, 1.807) is 0 Å². The fourth-order valence-corrected chi connectivity index (χ4v) is 2.33. The Balaban J connectivity index is 2.09. The van der Waals surface area contributed by atoms with Gasteiger partial charge in [-0.15, -0.1) is 0 Å². The predicted molar refractivity (Wildman–Crippen MR) is 64.0 cm³/mol. The van der Waals surface area contributed by atoms with Crippen LogP contribution in [0.2, 0.25) is 0 Å². The number of rotatable bonds is 2. The van der Waals surface area contributed by atoms with Crippen molar-refractivity contribution in [3.05, 3.63) is 22.8 Å². The van der Waals surface area contributed by atoms with Crippen molar-refractivity contribution in [1.29, 1.82) is 0 Å². The van der Waals surface area contributed by atoms with Gasteiger partial charge in [-0.05, 0) is 46.8 Å². The second-order valence-electron chi connectivity index (χ2n) is 3.96. The summed E-state index contributed by atoms with van der Waals surface area (Å²) in [7, 11) is 0. The Bertz CT molecular complexity index is 332. The molecule has 0 unspecified atom stereocenters. The second kappa shape index (κ2) is 4.94. The molecule has 82 valence electrons. The van der Waals surface area contributed by atoms with Gasteiger partial charge in [0.25, 0.3) is 0 Å². The molecule has 0 aromatic carbocycles. The van der Waals surface area contributed by atoms with Gasteiger partial charge in [0.1, 0.15) is 10.4 Å². The fraction of sp³-hybridized carbons (Fsp3) is 0.545. The van der Waals surface area contributed by atoms with E-state index < -0.39 is 0 Å². The maximum atomic E-state index is 9.15. The van der Waals surface area contributed by atoms with Gasteiger partial charge in [0, 0.05) is 19.7 Å². The average Bonchev–Trinajstić information content (AvgIpc) is 2.29. The van der Waals surface area contributed by atoms with Crippen LogP contribution in [0.1, 0.15) is 12.8 Å². The molecule has 0 saturated carbocycles. The summed E-state index contributed by atoms with van der Waals surface area (Å²) in [5.74, 6) is 1.40. The summed E-state index contributed by atoms with van der Waals surface area (Å²) in [4.78, 5) is 6.67. The molecule has 1 aromatic heterocycles. The van der Waals surface area contributed by atoms with Gasteiger partial charge in [-0.1, -0.05) is 6.07 Å². The van der Waals surface area contributed by atoms with E-state index in [0.29, 0.717) is 5.92 Å². The summed E-state index contributed by atoms with van der Waals surface area (Å²) < 4.78 is 0.867. The number of nitrogens with zero attached hydrogens (tertiary/aromatic N) is 2. The SMILES string of the molecule is OC[C@H]1CCCN(c2cccc(Br)n2)C1. The number of aromatic nitrogens is 1. The Kier molecular flexibility index (Phi) is 3.59. The third-order valence-corrected chi connectivity index (χ3v) is 3.24. The molecule has 2 rings (SSSR count). The predicted octanol–water partition coefficient (Wildman–Crippen LogP) is 2.05. The summed E-state index contributed by atoms with van der Waals surface area (Å²) in [6.45, 7) is 2.24. The lowest BCUT2D eigenvalue weighted by Crippen LogP contribution is -2.37. The molecule has 0 aliphatic carbocycles. The minimum Gasteiger partial charge on any atom is -0.396 e. The first-order chi connectivity index (χ1) is 7.29. The first-order valence-electron chi connectivity index (χ1n) is 5.28. The van der Waals surface area contributed by atoms with E-state index >= 15 is 0 Å². The van der Waals surface area contributed by atoms with Gasteiger partial charge in [-0.3, -0.25) is 0 Å². The van der Waals surface area contributed by atoms with Crippen LogP contribution in [0, 0.1) is 5.92 Å². The molecular weight excluding hydrogens is 256 g/mol. The van der Waals surface area contributed by atoms with Crippen LogP contribution in [0.3, 0.4) is 0 Å². The third-order valence-electron chi connectivity index (χ3n) is 2.80. The third kappa shape index (κ3) is 2.69. The highest BCUT2D eigenvalue weighted by molar-refractivity contribution is 9.10. The van der Waals surface area contributed by atoms with Gasteiger partial charge in [0.2, 0.25) is 0 Å². The molecule has 0 amide bonds. The van der Waals surface area contributed by atoms with Crippen LogP contribution in [-0.4, -0.2) is 29.8 Å². The van der Waals surface area contributed by atoms with Gasteiger partial charge in [-0.25, -0.2) is 4.98 Å². The zero-order valence-electron chi connectivity index (χ0n) is 8.56. The normalized spacial score (nSPS) is 21.7. The Labute approximate surface area is 98.3 Å². The number of halogens is 1. The highest BCUT2D eigenvalue weighted by Crippen LogP contribution is 2.22. The van der Waals surface area contributed by atoms with Crippen LogP contribution in [0.4, 0.5) is 5.82 Å². The van der Waals surface area contributed by atoms with Crippen molar-refractivity contribution >= 4 is 21.7 Å². The fourth-order valence-electron chi connectivity index (χ4n) is 2.00. The largest absolute Gasteiger partial charge is 0.396 e.